The zero-order valence-corrected chi connectivity index (χ0v) is 12.6. The Hall–Kier alpha value is -2.52. The van der Waals surface area contributed by atoms with Gasteiger partial charge < -0.3 is 9.15 Å². The Kier molecular flexibility index (Phi) is 3.98. The Morgan fingerprint density at radius 1 is 1.09 bits per heavy atom. The molecule has 2 aromatic carbocycles. The van der Waals surface area contributed by atoms with Crippen LogP contribution in [0, 0.1) is 0 Å². The number of ether oxygens (including phenoxy) is 1. The highest BCUT2D eigenvalue weighted by atomic mass is 35.5. The van der Waals surface area contributed by atoms with Crippen molar-refractivity contribution in [1.82, 2.24) is 0 Å². The lowest BCUT2D eigenvalue weighted by Crippen LogP contribution is -2.07. The Labute approximate surface area is 132 Å². The molecular weight excluding hydrogens is 300 g/mol. The van der Waals surface area contributed by atoms with Gasteiger partial charge in [-0.2, -0.15) is 0 Å². The third-order valence-electron chi connectivity index (χ3n) is 3.27. The van der Waals surface area contributed by atoms with E-state index in [0.29, 0.717) is 21.8 Å². The van der Waals surface area contributed by atoms with Gasteiger partial charge in [-0.25, -0.2) is 0 Å². The predicted molar refractivity (Wildman–Crippen MR) is 89.4 cm³/mol. The van der Waals surface area contributed by atoms with Gasteiger partial charge in [0, 0.05) is 5.02 Å². The maximum atomic E-state index is 12.5. The van der Waals surface area contributed by atoms with Crippen molar-refractivity contribution in [2.45, 2.75) is 0 Å². The molecular formula is C18H13ClO3. The first kappa shape index (κ1) is 14.4. The van der Waals surface area contributed by atoms with Gasteiger partial charge >= 0.3 is 0 Å². The molecule has 1 aromatic heterocycles. The molecule has 110 valence electrons. The van der Waals surface area contributed by atoms with Crippen LogP contribution in [0.3, 0.4) is 0 Å². The van der Waals surface area contributed by atoms with Gasteiger partial charge in [0.25, 0.3) is 0 Å². The largest absolute Gasteiger partial charge is 0.490 e. The summed E-state index contributed by atoms with van der Waals surface area (Å²) in [5.74, 6) is 0.549. The van der Waals surface area contributed by atoms with E-state index in [0.717, 1.165) is 5.56 Å². The minimum atomic E-state index is -0.237. The van der Waals surface area contributed by atoms with Crippen LogP contribution in [0.15, 0.2) is 57.7 Å². The van der Waals surface area contributed by atoms with Crippen molar-refractivity contribution in [3.05, 3.63) is 75.1 Å². The first-order valence-electron chi connectivity index (χ1n) is 6.72. The molecule has 0 aliphatic heterocycles. The lowest BCUT2D eigenvalue weighted by molar-refractivity contribution is 0.391. The van der Waals surface area contributed by atoms with Crippen LogP contribution in [0.1, 0.15) is 11.3 Å². The Morgan fingerprint density at radius 3 is 2.59 bits per heavy atom. The Balaban J connectivity index is 2.15. The number of fused-ring (bicyclic) bond motifs is 1. The highest BCUT2D eigenvalue weighted by molar-refractivity contribution is 6.31. The van der Waals surface area contributed by atoms with E-state index in [1.54, 1.807) is 24.3 Å². The van der Waals surface area contributed by atoms with Gasteiger partial charge in [0.1, 0.15) is 5.58 Å². The number of halogens is 1. The molecule has 3 nitrogen and oxygen atoms in total. The molecule has 0 radical (unpaired) electrons. The van der Waals surface area contributed by atoms with Crippen molar-refractivity contribution in [1.29, 1.82) is 0 Å². The average Bonchev–Trinajstić information content (AvgIpc) is 2.55. The number of benzene rings is 2. The van der Waals surface area contributed by atoms with Crippen molar-refractivity contribution < 1.29 is 9.15 Å². The van der Waals surface area contributed by atoms with Crippen LogP contribution in [-0.4, -0.2) is 7.11 Å². The molecule has 0 bridgehead atoms. The Bertz CT molecular complexity index is 895. The van der Waals surface area contributed by atoms with E-state index < -0.39 is 0 Å². The van der Waals surface area contributed by atoms with Crippen molar-refractivity contribution in [3.8, 4) is 5.75 Å². The average molecular weight is 313 g/mol. The van der Waals surface area contributed by atoms with Crippen LogP contribution < -0.4 is 10.2 Å². The summed E-state index contributed by atoms with van der Waals surface area (Å²) in [5, 5.41) is 0.885. The summed E-state index contributed by atoms with van der Waals surface area (Å²) in [7, 11) is 1.45. The number of methoxy groups -OCH3 is 1. The SMILES string of the molecule is COc1c(/C=C/c2ccccc2)oc2ccc(Cl)cc2c1=O. The molecule has 0 saturated heterocycles. The van der Waals surface area contributed by atoms with Crippen LogP contribution in [0.2, 0.25) is 5.02 Å². The van der Waals surface area contributed by atoms with Crippen LogP contribution in [0.25, 0.3) is 23.1 Å². The van der Waals surface area contributed by atoms with Crippen LogP contribution in [0.4, 0.5) is 0 Å². The molecule has 22 heavy (non-hydrogen) atoms. The highest BCUT2D eigenvalue weighted by Crippen LogP contribution is 2.24. The summed E-state index contributed by atoms with van der Waals surface area (Å²) in [5.41, 5.74) is 1.24. The topological polar surface area (TPSA) is 39.4 Å². The standard InChI is InChI=1S/C18H13ClO3/c1-21-18-16(9-7-12-5-3-2-4-6-12)22-15-10-8-13(19)11-14(15)17(18)20/h2-11H,1H3/b9-7+. The monoisotopic (exact) mass is 312 g/mol. The maximum Gasteiger partial charge on any atom is 0.235 e. The van der Waals surface area contributed by atoms with Gasteiger partial charge in [0.15, 0.2) is 5.76 Å². The maximum absolute atomic E-state index is 12.5. The molecule has 4 heteroatoms. The molecule has 3 aromatic rings. The quantitative estimate of drug-likeness (QED) is 0.708. The summed E-state index contributed by atoms with van der Waals surface area (Å²) in [6, 6.07) is 14.7. The van der Waals surface area contributed by atoms with Crippen molar-refractivity contribution in [2.75, 3.05) is 7.11 Å². The third kappa shape index (κ3) is 2.76. The fourth-order valence-electron chi connectivity index (χ4n) is 2.21. The zero-order chi connectivity index (χ0) is 15.5. The van der Waals surface area contributed by atoms with Crippen LogP contribution in [0.5, 0.6) is 5.75 Å². The van der Waals surface area contributed by atoms with Crippen LogP contribution >= 0.6 is 11.6 Å². The van der Waals surface area contributed by atoms with Crippen LogP contribution in [-0.2, 0) is 0 Å². The predicted octanol–water partition coefficient (Wildman–Crippen LogP) is 4.63. The minimum absolute atomic E-state index is 0.168. The molecule has 0 unspecified atom stereocenters. The molecule has 0 saturated carbocycles. The van der Waals surface area contributed by atoms with Gasteiger partial charge in [-0.05, 0) is 29.8 Å². The molecule has 0 amide bonds. The molecule has 0 aliphatic carbocycles. The molecule has 0 spiro atoms. The fraction of sp³-hybridized carbons (Fsp3) is 0.0556. The van der Waals surface area contributed by atoms with E-state index in [4.69, 9.17) is 20.8 Å². The van der Waals surface area contributed by atoms with Gasteiger partial charge in [-0.15, -0.1) is 0 Å². The molecule has 0 N–H and O–H groups in total. The summed E-state index contributed by atoms with van der Waals surface area (Å²) in [4.78, 5) is 12.5. The summed E-state index contributed by atoms with van der Waals surface area (Å²) < 4.78 is 11.0. The lowest BCUT2D eigenvalue weighted by atomic mass is 10.1. The lowest BCUT2D eigenvalue weighted by Gasteiger charge is -2.06. The normalized spacial score (nSPS) is 11.2. The second-order valence-corrected chi connectivity index (χ2v) is 5.15. The number of hydrogen-bond donors (Lipinski definition) is 0. The van der Waals surface area contributed by atoms with E-state index in [1.165, 1.54) is 7.11 Å². The zero-order valence-electron chi connectivity index (χ0n) is 11.9. The molecule has 0 aliphatic rings. The molecule has 0 atom stereocenters. The first-order valence-corrected chi connectivity index (χ1v) is 7.10. The van der Waals surface area contributed by atoms with Gasteiger partial charge in [-0.1, -0.05) is 48.0 Å². The van der Waals surface area contributed by atoms with Gasteiger partial charge in [-0.3, -0.25) is 4.79 Å². The number of rotatable bonds is 3. The summed E-state index contributed by atoms with van der Waals surface area (Å²) in [6.45, 7) is 0. The molecule has 1 heterocycles. The van der Waals surface area contributed by atoms with Crippen molar-refractivity contribution in [2.24, 2.45) is 0 Å². The van der Waals surface area contributed by atoms with E-state index in [2.05, 4.69) is 0 Å². The van der Waals surface area contributed by atoms with Crippen molar-refractivity contribution in [3.63, 3.8) is 0 Å². The van der Waals surface area contributed by atoms with Gasteiger partial charge in [0.05, 0.1) is 12.5 Å². The Morgan fingerprint density at radius 2 is 1.86 bits per heavy atom. The summed E-state index contributed by atoms with van der Waals surface area (Å²) >= 11 is 5.93. The van der Waals surface area contributed by atoms with E-state index >= 15 is 0 Å². The molecule has 3 rings (SSSR count). The van der Waals surface area contributed by atoms with E-state index in [1.807, 2.05) is 36.4 Å². The van der Waals surface area contributed by atoms with E-state index in [9.17, 15) is 4.79 Å². The summed E-state index contributed by atoms with van der Waals surface area (Å²) in [6.07, 6.45) is 3.59. The molecule has 0 fully saturated rings. The first-order chi connectivity index (χ1) is 10.7. The second-order valence-electron chi connectivity index (χ2n) is 4.71. The number of hydrogen-bond acceptors (Lipinski definition) is 3. The second kappa shape index (κ2) is 6.08. The highest BCUT2D eigenvalue weighted by Gasteiger charge is 2.13. The fourth-order valence-corrected chi connectivity index (χ4v) is 2.38. The van der Waals surface area contributed by atoms with Gasteiger partial charge in [0.2, 0.25) is 11.2 Å². The minimum Gasteiger partial charge on any atom is -0.490 e. The van der Waals surface area contributed by atoms with Crippen molar-refractivity contribution >= 4 is 34.7 Å². The van der Waals surface area contributed by atoms with E-state index in [-0.39, 0.29) is 11.2 Å². The smallest absolute Gasteiger partial charge is 0.235 e. The third-order valence-corrected chi connectivity index (χ3v) is 3.50.